The third kappa shape index (κ3) is 6.19. The zero-order chi connectivity index (χ0) is 21.3. The molecule has 1 aromatic carbocycles. The van der Waals surface area contributed by atoms with E-state index >= 15 is 0 Å². The molecular weight excluding hydrogens is 406 g/mol. The van der Waals surface area contributed by atoms with Crippen LogP contribution in [0.15, 0.2) is 33.8 Å². The maximum absolute atomic E-state index is 11.9. The molecule has 0 unspecified atom stereocenters. The molecule has 162 valence electrons. The van der Waals surface area contributed by atoms with Gasteiger partial charge in [-0.2, -0.15) is 4.98 Å². The van der Waals surface area contributed by atoms with Crippen LogP contribution < -0.4 is 10.6 Å². The highest BCUT2D eigenvalue weighted by Crippen LogP contribution is 2.25. The molecule has 0 saturated heterocycles. The second-order valence-corrected chi connectivity index (χ2v) is 7.65. The van der Waals surface area contributed by atoms with Gasteiger partial charge in [0.1, 0.15) is 0 Å². The molecule has 3 rings (SSSR count). The van der Waals surface area contributed by atoms with Gasteiger partial charge in [0, 0.05) is 36.6 Å². The van der Waals surface area contributed by atoms with E-state index < -0.39 is 0 Å². The van der Waals surface area contributed by atoms with Crippen molar-refractivity contribution in [3.63, 3.8) is 0 Å². The number of rotatable bonds is 7. The molecule has 1 heterocycles. The number of esters is 1. The summed E-state index contributed by atoms with van der Waals surface area (Å²) >= 11 is 5.91. The molecule has 0 radical (unpaired) electrons. The Kier molecular flexibility index (Phi) is 8.07. The first-order valence-electron chi connectivity index (χ1n) is 10.3. The average molecular weight is 434 g/mol. The van der Waals surface area contributed by atoms with E-state index in [1.807, 2.05) is 19.1 Å². The van der Waals surface area contributed by atoms with Crippen molar-refractivity contribution >= 4 is 23.5 Å². The molecule has 1 fully saturated rings. The molecule has 0 spiro atoms. The number of aromatic nitrogens is 2. The number of nitrogens with zero attached hydrogens (tertiary/aromatic N) is 3. The van der Waals surface area contributed by atoms with Gasteiger partial charge in [0.05, 0.1) is 12.5 Å². The number of guanidine groups is 1. The largest absolute Gasteiger partial charge is 0.466 e. The summed E-state index contributed by atoms with van der Waals surface area (Å²) in [6.45, 7) is 2.89. The number of nitrogens with one attached hydrogen (secondary N) is 2. The molecule has 0 bridgehead atoms. The summed E-state index contributed by atoms with van der Waals surface area (Å²) in [7, 11) is 1.74. The van der Waals surface area contributed by atoms with Gasteiger partial charge >= 0.3 is 5.97 Å². The van der Waals surface area contributed by atoms with Crippen molar-refractivity contribution in [1.29, 1.82) is 0 Å². The predicted octanol–water partition coefficient (Wildman–Crippen LogP) is 3.22. The van der Waals surface area contributed by atoms with E-state index in [1.165, 1.54) is 0 Å². The van der Waals surface area contributed by atoms with Crippen LogP contribution in [0.1, 0.15) is 38.5 Å². The van der Waals surface area contributed by atoms with Crippen LogP contribution in [0.3, 0.4) is 0 Å². The van der Waals surface area contributed by atoms with Crippen molar-refractivity contribution in [1.82, 2.24) is 20.8 Å². The molecule has 0 aliphatic heterocycles. The smallest absolute Gasteiger partial charge is 0.308 e. The lowest BCUT2D eigenvalue weighted by Crippen LogP contribution is -2.45. The summed E-state index contributed by atoms with van der Waals surface area (Å²) in [6, 6.07) is 7.60. The van der Waals surface area contributed by atoms with Crippen LogP contribution in [0.5, 0.6) is 0 Å². The van der Waals surface area contributed by atoms with E-state index in [0.717, 1.165) is 37.2 Å². The Morgan fingerprint density at radius 3 is 2.67 bits per heavy atom. The van der Waals surface area contributed by atoms with Crippen LogP contribution in [0.25, 0.3) is 11.4 Å². The summed E-state index contributed by atoms with van der Waals surface area (Å²) in [5, 5.41) is 11.4. The second-order valence-electron chi connectivity index (χ2n) is 7.21. The molecule has 9 heteroatoms. The third-order valence-electron chi connectivity index (χ3n) is 5.11. The summed E-state index contributed by atoms with van der Waals surface area (Å²) < 4.78 is 10.5. The van der Waals surface area contributed by atoms with Gasteiger partial charge in [-0.15, -0.1) is 0 Å². The van der Waals surface area contributed by atoms with Crippen molar-refractivity contribution in [3.8, 4) is 11.4 Å². The Morgan fingerprint density at radius 2 is 2.00 bits per heavy atom. The lowest BCUT2D eigenvalue weighted by atomic mass is 9.86. The SMILES string of the molecule is CCOC(=O)C1CCC(NC(=NC)NCCc2nc(-c3ccc(Cl)cc3)no2)CC1. The van der Waals surface area contributed by atoms with Gasteiger partial charge in [-0.3, -0.25) is 9.79 Å². The van der Waals surface area contributed by atoms with Crippen molar-refractivity contribution in [2.75, 3.05) is 20.2 Å². The number of ether oxygens (including phenoxy) is 1. The lowest BCUT2D eigenvalue weighted by Gasteiger charge is -2.29. The van der Waals surface area contributed by atoms with Gasteiger partial charge in [-0.1, -0.05) is 16.8 Å². The normalized spacial score (nSPS) is 19.4. The Hall–Kier alpha value is -2.61. The minimum absolute atomic E-state index is 0.0188. The Morgan fingerprint density at radius 1 is 1.27 bits per heavy atom. The Balaban J connectivity index is 1.41. The van der Waals surface area contributed by atoms with Gasteiger partial charge in [-0.05, 0) is 56.9 Å². The van der Waals surface area contributed by atoms with E-state index in [9.17, 15) is 4.79 Å². The lowest BCUT2D eigenvalue weighted by molar-refractivity contribution is -0.149. The molecule has 1 saturated carbocycles. The average Bonchev–Trinajstić information content (AvgIpc) is 3.23. The van der Waals surface area contributed by atoms with Gasteiger partial charge in [0.2, 0.25) is 11.7 Å². The van der Waals surface area contributed by atoms with Crippen LogP contribution in [0.4, 0.5) is 0 Å². The monoisotopic (exact) mass is 433 g/mol. The number of aliphatic imine (C=N–C) groups is 1. The molecule has 1 aliphatic rings. The van der Waals surface area contributed by atoms with Crippen LogP contribution in [-0.4, -0.2) is 48.3 Å². The second kappa shape index (κ2) is 11.0. The molecule has 2 N–H and O–H groups in total. The predicted molar refractivity (Wildman–Crippen MR) is 115 cm³/mol. The number of benzene rings is 1. The summed E-state index contributed by atoms with van der Waals surface area (Å²) in [6.07, 6.45) is 4.08. The molecular formula is C21H28ClN5O3. The number of carbonyl (C=O) groups excluding carboxylic acids is 1. The summed E-state index contributed by atoms with van der Waals surface area (Å²) in [5.41, 5.74) is 0.859. The number of hydrogen-bond donors (Lipinski definition) is 2. The highest BCUT2D eigenvalue weighted by atomic mass is 35.5. The third-order valence-corrected chi connectivity index (χ3v) is 5.37. The fourth-order valence-corrected chi connectivity index (χ4v) is 3.61. The minimum atomic E-state index is -0.0732. The summed E-state index contributed by atoms with van der Waals surface area (Å²) in [4.78, 5) is 20.6. The fourth-order valence-electron chi connectivity index (χ4n) is 3.48. The van der Waals surface area contributed by atoms with Crippen LogP contribution >= 0.6 is 11.6 Å². The highest BCUT2D eigenvalue weighted by molar-refractivity contribution is 6.30. The number of hydrogen-bond acceptors (Lipinski definition) is 6. The maximum atomic E-state index is 11.9. The number of halogens is 1. The first kappa shape index (κ1) is 22.1. The molecule has 8 nitrogen and oxygen atoms in total. The maximum Gasteiger partial charge on any atom is 0.308 e. The molecule has 1 aromatic heterocycles. The first-order chi connectivity index (χ1) is 14.6. The van der Waals surface area contributed by atoms with Gasteiger partial charge in [0.25, 0.3) is 0 Å². The standard InChI is InChI=1S/C21H28ClN5O3/c1-3-29-20(28)15-6-10-17(11-7-15)25-21(23-2)24-13-12-18-26-19(27-30-18)14-4-8-16(22)9-5-14/h4-5,8-9,15,17H,3,6-7,10-13H2,1-2H3,(H2,23,24,25). The van der Waals surface area contributed by atoms with Gasteiger partial charge in [0.15, 0.2) is 5.96 Å². The van der Waals surface area contributed by atoms with Gasteiger partial charge in [-0.25, -0.2) is 0 Å². The van der Waals surface area contributed by atoms with E-state index in [0.29, 0.717) is 42.4 Å². The van der Waals surface area contributed by atoms with Crippen molar-refractivity contribution < 1.29 is 14.1 Å². The zero-order valence-electron chi connectivity index (χ0n) is 17.4. The first-order valence-corrected chi connectivity index (χ1v) is 10.7. The molecule has 0 amide bonds. The van der Waals surface area contributed by atoms with Crippen LogP contribution in [-0.2, 0) is 16.0 Å². The summed E-state index contributed by atoms with van der Waals surface area (Å²) in [5.74, 6) is 1.77. The molecule has 30 heavy (non-hydrogen) atoms. The van der Waals surface area contributed by atoms with E-state index in [1.54, 1.807) is 19.2 Å². The topological polar surface area (TPSA) is 102 Å². The molecule has 0 atom stereocenters. The van der Waals surface area contributed by atoms with Crippen molar-refractivity contribution in [3.05, 3.63) is 35.2 Å². The van der Waals surface area contributed by atoms with E-state index in [4.69, 9.17) is 20.9 Å². The Bertz CT molecular complexity index is 845. The van der Waals surface area contributed by atoms with Crippen molar-refractivity contribution in [2.24, 2.45) is 10.9 Å². The number of carbonyl (C=O) groups is 1. The fraction of sp³-hybridized carbons (Fsp3) is 0.524. The minimum Gasteiger partial charge on any atom is -0.466 e. The quantitative estimate of drug-likeness (QED) is 0.392. The molecule has 1 aliphatic carbocycles. The van der Waals surface area contributed by atoms with E-state index in [2.05, 4.69) is 25.8 Å². The van der Waals surface area contributed by atoms with E-state index in [-0.39, 0.29) is 11.9 Å². The zero-order valence-corrected chi connectivity index (χ0v) is 18.1. The van der Waals surface area contributed by atoms with Crippen molar-refractivity contribution in [2.45, 2.75) is 45.1 Å². The highest BCUT2D eigenvalue weighted by Gasteiger charge is 2.27. The Labute approximate surface area is 181 Å². The van der Waals surface area contributed by atoms with Gasteiger partial charge < -0.3 is 19.9 Å². The molecule has 2 aromatic rings. The van der Waals surface area contributed by atoms with Crippen LogP contribution in [0.2, 0.25) is 5.02 Å². The van der Waals surface area contributed by atoms with Crippen LogP contribution in [0, 0.1) is 5.92 Å².